The molecule has 0 bridgehead atoms. The summed E-state index contributed by atoms with van der Waals surface area (Å²) in [5.41, 5.74) is 6.77. The first-order valence-corrected chi connectivity index (χ1v) is 17.4. The third kappa shape index (κ3) is 4.92. The van der Waals surface area contributed by atoms with E-state index >= 15 is 0 Å². The number of fused-ring (bicyclic) bond motifs is 1. The van der Waals surface area contributed by atoms with E-state index in [9.17, 15) is 0 Å². The van der Waals surface area contributed by atoms with E-state index in [-0.39, 0.29) is 0 Å². The van der Waals surface area contributed by atoms with Crippen molar-refractivity contribution in [3.63, 3.8) is 0 Å². The average Bonchev–Trinajstić information content (AvgIpc) is 2.87. The summed E-state index contributed by atoms with van der Waals surface area (Å²) >= 11 is -0.826. The number of hydrogen-bond acceptors (Lipinski definition) is 0. The quantitative estimate of drug-likeness (QED) is 0.486. The van der Waals surface area contributed by atoms with Gasteiger partial charge in [-0.3, -0.25) is 0 Å². The number of allylic oxidation sites excluding steroid dienone is 1. The molecule has 0 saturated heterocycles. The summed E-state index contributed by atoms with van der Waals surface area (Å²) < 4.78 is 0. The molecule has 0 nitrogen and oxygen atoms in total. The predicted molar refractivity (Wildman–Crippen MR) is 104 cm³/mol. The summed E-state index contributed by atoms with van der Waals surface area (Å²) in [6.45, 7) is 9.38. The van der Waals surface area contributed by atoms with Gasteiger partial charge in [0.05, 0.1) is 8.07 Å². The first kappa shape index (κ1) is 19.2. The van der Waals surface area contributed by atoms with Gasteiger partial charge in [-0.05, 0) is 29.2 Å². The molecule has 119 valence electrons. The minimum atomic E-state index is -1.26. The zero-order valence-electron chi connectivity index (χ0n) is 14.0. The monoisotopic (exact) mass is 437 g/mol. The minimum absolute atomic E-state index is 0.826. The van der Waals surface area contributed by atoms with Gasteiger partial charge in [-0.1, -0.05) is 78.9 Å². The van der Waals surface area contributed by atoms with Crippen LogP contribution in [0.5, 0.6) is 0 Å². The third-order valence-corrected chi connectivity index (χ3v) is 5.98. The molecule has 3 rings (SSSR count). The van der Waals surface area contributed by atoms with Crippen LogP contribution < -0.4 is 5.19 Å². The fourth-order valence-corrected chi connectivity index (χ4v) is 3.97. The molecule has 0 N–H and O–H groups in total. The first-order chi connectivity index (χ1) is 10.9. The standard InChI is InChI=1S/C19H21Si.2ClH.Zr/c1-14-11-15-8-6-10-18(19(15)12-14)16-7-5-9-17(13-16)20(2,3)4;;;/h5-13H,1-4H3;2*1H;/q;;;+2/p-2. The summed E-state index contributed by atoms with van der Waals surface area (Å²) in [7, 11) is 8.61. The van der Waals surface area contributed by atoms with Gasteiger partial charge in [0.1, 0.15) is 0 Å². The van der Waals surface area contributed by atoms with E-state index in [0.717, 1.165) is 0 Å². The Labute approximate surface area is 159 Å². The van der Waals surface area contributed by atoms with Crippen molar-refractivity contribution in [3.8, 4) is 11.1 Å². The van der Waals surface area contributed by atoms with Crippen LogP contribution in [0.25, 0.3) is 17.2 Å². The van der Waals surface area contributed by atoms with E-state index in [0.29, 0.717) is 0 Å². The Bertz CT molecular complexity index is 718. The predicted octanol–water partition coefficient (Wildman–Crippen LogP) is 6.24. The van der Waals surface area contributed by atoms with Crippen LogP contribution in [0.2, 0.25) is 19.6 Å². The van der Waals surface area contributed by atoms with Crippen LogP contribution in [0.3, 0.4) is 0 Å². The summed E-state index contributed by atoms with van der Waals surface area (Å²) in [6, 6.07) is 15.7. The summed E-state index contributed by atoms with van der Waals surface area (Å²) in [4.78, 5) is 0. The Kier molecular flexibility index (Phi) is 6.92. The van der Waals surface area contributed by atoms with Gasteiger partial charge in [-0.2, -0.15) is 0 Å². The maximum absolute atomic E-state index is 4.93. The number of halogens is 2. The molecule has 23 heavy (non-hydrogen) atoms. The Morgan fingerprint density at radius 3 is 2.26 bits per heavy atom. The van der Waals surface area contributed by atoms with Gasteiger partial charge < -0.3 is 0 Å². The van der Waals surface area contributed by atoms with Crippen LogP contribution >= 0.6 is 17.0 Å². The average molecular weight is 440 g/mol. The molecule has 0 amide bonds. The van der Waals surface area contributed by atoms with Crippen LogP contribution in [-0.4, -0.2) is 8.07 Å². The van der Waals surface area contributed by atoms with Crippen molar-refractivity contribution >= 4 is 36.4 Å². The summed E-state index contributed by atoms with van der Waals surface area (Å²) in [5.74, 6) is 0. The van der Waals surface area contributed by atoms with E-state index in [2.05, 4.69) is 81.5 Å². The Hall–Kier alpha value is -0.140. The molecule has 1 aliphatic rings. The topological polar surface area (TPSA) is 0 Å². The molecule has 0 saturated carbocycles. The van der Waals surface area contributed by atoms with Crippen LogP contribution in [0.1, 0.15) is 18.1 Å². The Morgan fingerprint density at radius 1 is 0.957 bits per heavy atom. The van der Waals surface area contributed by atoms with E-state index in [1.54, 1.807) is 0 Å². The molecular formula is C19H21Cl2SiZr. The second kappa shape index (κ2) is 8.30. The molecule has 0 fully saturated rings. The van der Waals surface area contributed by atoms with E-state index in [1.165, 1.54) is 33.0 Å². The van der Waals surface area contributed by atoms with E-state index in [4.69, 9.17) is 17.0 Å². The van der Waals surface area contributed by atoms with Crippen LogP contribution in [0.15, 0.2) is 48.0 Å². The molecule has 0 aromatic heterocycles. The zero-order valence-corrected chi connectivity index (χ0v) is 18.9. The maximum atomic E-state index is 4.93. The SMILES string of the molecule is CC1=Cc2c(cccc2-c2cccc([Si](C)(C)C)c2)[CH]1.[Cl][Zr][Cl]. The van der Waals surface area contributed by atoms with Gasteiger partial charge in [0.2, 0.25) is 0 Å². The normalized spacial score (nSPS) is 12.9. The summed E-state index contributed by atoms with van der Waals surface area (Å²) in [6.07, 6.45) is 4.56. The van der Waals surface area contributed by atoms with Crippen molar-refractivity contribution < 1.29 is 20.8 Å². The first-order valence-electron chi connectivity index (χ1n) is 7.60. The molecule has 0 atom stereocenters. The van der Waals surface area contributed by atoms with Crippen LogP contribution in [0, 0.1) is 6.42 Å². The van der Waals surface area contributed by atoms with Gasteiger partial charge in [-0.25, -0.2) is 0 Å². The van der Waals surface area contributed by atoms with Crippen molar-refractivity contribution in [2.24, 2.45) is 0 Å². The molecule has 4 heteroatoms. The van der Waals surface area contributed by atoms with Crippen LogP contribution in [0.4, 0.5) is 0 Å². The Balaban J connectivity index is 0.000000595. The fraction of sp³-hybridized carbons (Fsp3) is 0.211. The van der Waals surface area contributed by atoms with Crippen molar-refractivity contribution in [3.05, 3.63) is 65.6 Å². The molecule has 0 aliphatic heterocycles. The number of rotatable bonds is 2. The second-order valence-electron chi connectivity index (χ2n) is 6.74. The molecule has 0 unspecified atom stereocenters. The molecule has 2 aromatic carbocycles. The Morgan fingerprint density at radius 2 is 1.61 bits per heavy atom. The molecule has 0 heterocycles. The molecular weight excluding hydrogens is 418 g/mol. The molecule has 1 radical (unpaired) electrons. The van der Waals surface area contributed by atoms with Crippen molar-refractivity contribution in [2.75, 3.05) is 0 Å². The van der Waals surface area contributed by atoms with Gasteiger partial charge in [0.15, 0.2) is 0 Å². The van der Waals surface area contributed by atoms with E-state index in [1.807, 2.05) is 0 Å². The van der Waals surface area contributed by atoms with Gasteiger partial charge in [0.25, 0.3) is 0 Å². The second-order valence-corrected chi connectivity index (χ2v) is 15.6. The van der Waals surface area contributed by atoms with Crippen molar-refractivity contribution in [2.45, 2.75) is 26.6 Å². The van der Waals surface area contributed by atoms with Gasteiger partial charge in [-0.15, -0.1) is 0 Å². The third-order valence-electron chi connectivity index (χ3n) is 3.93. The van der Waals surface area contributed by atoms with Crippen LogP contribution in [-0.2, 0) is 20.8 Å². The van der Waals surface area contributed by atoms with Gasteiger partial charge in [0, 0.05) is 6.42 Å². The number of hydrogen-bond donors (Lipinski definition) is 0. The van der Waals surface area contributed by atoms with Gasteiger partial charge >= 0.3 is 37.9 Å². The summed E-state index contributed by atoms with van der Waals surface area (Å²) in [5, 5.41) is 1.52. The molecule has 2 aromatic rings. The fourth-order valence-electron chi connectivity index (χ4n) is 2.79. The molecule has 0 spiro atoms. The van der Waals surface area contributed by atoms with Crippen molar-refractivity contribution in [1.29, 1.82) is 0 Å². The number of benzene rings is 2. The molecule has 1 aliphatic carbocycles. The van der Waals surface area contributed by atoms with E-state index < -0.39 is 28.9 Å². The van der Waals surface area contributed by atoms with Crippen molar-refractivity contribution in [1.82, 2.24) is 0 Å². The zero-order chi connectivity index (χ0) is 17.0.